The van der Waals surface area contributed by atoms with E-state index in [2.05, 4.69) is 17.6 Å². The molecule has 2 heteroatoms. The molecule has 1 nitrogen and oxygen atoms in total. The maximum Gasteiger partial charge on any atom is 0.0736 e. The summed E-state index contributed by atoms with van der Waals surface area (Å²) >= 11 is 1.68. The van der Waals surface area contributed by atoms with E-state index >= 15 is 0 Å². The van der Waals surface area contributed by atoms with Crippen LogP contribution in [0.1, 0.15) is 6.92 Å². The molecule has 0 saturated carbocycles. The van der Waals surface area contributed by atoms with E-state index in [1.807, 2.05) is 6.20 Å². The van der Waals surface area contributed by atoms with Gasteiger partial charge >= 0.3 is 0 Å². The minimum atomic E-state index is 0.546. The molecule has 0 aromatic rings. The summed E-state index contributed by atoms with van der Waals surface area (Å²) in [6.07, 6.45) is 1.84. The average Bonchev–Trinajstić information content (AvgIpc) is 1.86. The van der Waals surface area contributed by atoms with Crippen LogP contribution in [0.4, 0.5) is 0 Å². The van der Waals surface area contributed by atoms with Crippen molar-refractivity contribution in [1.29, 1.82) is 0 Å². The van der Waals surface area contributed by atoms with Crippen LogP contribution >= 0.6 is 11.8 Å². The molecule has 6 heavy (non-hydrogen) atoms. The molecule has 0 fully saturated rings. The van der Waals surface area contributed by atoms with Crippen LogP contribution in [0.3, 0.4) is 0 Å². The second-order valence-corrected chi connectivity index (χ2v) is 2.37. The lowest BCUT2D eigenvalue weighted by Gasteiger charge is -1.96. The number of hydrogen-bond donors (Lipinski definition) is 1. The molecule has 1 atom stereocenters. The summed E-state index contributed by atoms with van der Waals surface area (Å²) in [6, 6.07) is 0. The molecular formula is C4H6NS. The van der Waals surface area contributed by atoms with Crippen LogP contribution < -0.4 is 5.32 Å². The van der Waals surface area contributed by atoms with Crippen LogP contribution in [-0.4, -0.2) is 5.37 Å². The van der Waals surface area contributed by atoms with Crippen LogP contribution in [-0.2, 0) is 0 Å². The van der Waals surface area contributed by atoms with Gasteiger partial charge in [-0.2, -0.15) is 0 Å². The van der Waals surface area contributed by atoms with Crippen molar-refractivity contribution in [3.8, 4) is 0 Å². The maximum absolute atomic E-state index is 3.05. The van der Waals surface area contributed by atoms with E-state index in [1.54, 1.807) is 11.8 Å². The summed E-state index contributed by atoms with van der Waals surface area (Å²) in [6.45, 7) is 2.10. The van der Waals surface area contributed by atoms with E-state index in [4.69, 9.17) is 0 Å². The van der Waals surface area contributed by atoms with Gasteiger partial charge in [0.15, 0.2) is 0 Å². The van der Waals surface area contributed by atoms with E-state index in [0.29, 0.717) is 5.37 Å². The first-order valence-electron chi connectivity index (χ1n) is 1.88. The van der Waals surface area contributed by atoms with Crippen molar-refractivity contribution in [1.82, 2.24) is 5.32 Å². The molecule has 0 aromatic carbocycles. The summed E-state index contributed by atoms with van der Waals surface area (Å²) in [5, 5.41) is 6.55. The molecule has 0 amide bonds. The van der Waals surface area contributed by atoms with Crippen LogP contribution in [0.5, 0.6) is 0 Å². The molecule has 1 aliphatic heterocycles. The monoisotopic (exact) mass is 100 g/mol. The Morgan fingerprint density at radius 3 is 3.00 bits per heavy atom. The van der Waals surface area contributed by atoms with Crippen LogP contribution in [0, 0.1) is 5.41 Å². The topological polar surface area (TPSA) is 12.0 Å². The lowest BCUT2D eigenvalue weighted by Crippen LogP contribution is -2.09. The lowest BCUT2D eigenvalue weighted by molar-refractivity contribution is 0.874. The molecule has 0 aromatic heterocycles. The van der Waals surface area contributed by atoms with Gasteiger partial charge < -0.3 is 5.32 Å². The Bertz CT molecular complexity index is 61.9. The predicted molar refractivity (Wildman–Crippen MR) is 28.0 cm³/mol. The minimum Gasteiger partial charge on any atom is -0.378 e. The summed E-state index contributed by atoms with van der Waals surface area (Å²) in [5.41, 5.74) is 0. The SMILES string of the molecule is CC1NC=[C]S1. The largest absolute Gasteiger partial charge is 0.378 e. The van der Waals surface area contributed by atoms with Gasteiger partial charge in [-0.3, -0.25) is 0 Å². The fourth-order valence-electron chi connectivity index (χ4n) is 0.321. The van der Waals surface area contributed by atoms with Gasteiger partial charge in [0, 0.05) is 11.6 Å². The van der Waals surface area contributed by atoms with E-state index in [-0.39, 0.29) is 0 Å². The standard InChI is InChI=1S/C4H6NS/c1-4-5-2-3-6-4/h2,4-5H,1H3. The van der Waals surface area contributed by atoms with Crippen molar-refractivity contribution in [2.45, 2.75) is 12.3 Å². The van der Waals surface area contributed by atoms with Crippen molar-refractivity contribution in [2.24, 2.45) is 0 Å². The molecule has 1 aliphatic rings. The van der Waals surface area contributed by atoms with E-state index < -0.39 is 0 Å². The first-order valence-corrected chi connectivity index (χ1v) is 2.76. The normalized spacial score (nSPS) is 30.5. The van der Waals surface area contributed by atoms with Crippen molar-refractivity contribution in [3.05, 3.63) is 11.6 Å². The van der Waals surface area contributed by atoms with Crippen LogP contribution in [0.2, 0.25) is 0 Å². The molecule has 1 heterocycles. The van der Waals surface area contributed by atoms with Gasteiger partial charge in [-0.1, -0.05) is 11.8 Å². The Labute approximate surface area is 41.8 Å². The fraction of sp³-hybridized carbons (Fsp3) is 0.500. The predicted octanol–water partition coefficient (Wildman–Crippen LogP) is 0.943. The highest BCUT2D eigenvalue weighted by Crippen LogP contribution is 2.11. The molecule has 1 radical (unpaired) electrons. The van der Waals surface area contributed by atoms with Gasteiger partial charge in [0.25, 0.3) is 0 Å². The van der Waals surface area contributed by atoms with Crippen molar-refractivity contribution in [2.75, 3.05) is 0 Å². The summed E-state index contributed by atoms with van der Waals surface area (Å²) in [4.78, 5) is 0. The number of thioether (sulfide) groups is 1. The van der Waals surface area contributed by atoms with Gasteiger partial charge in [0.2, 0.25) is 0 Å². The zero-order valence-electron chi connectivity index (χ0n) is 3.56. The first-order chi connectivity index (χ1) is 2.89. The average molecular weight is 100 g/mol. The molecule has 1 rings (SSSR count). The van der Waals surface area contributed by atoms with Gasteiger partial charge in [-0.25, -0.2) is 0 Å². The van der Waals surface area contributed by atoms with Gasteiger partial charge in [-0.15, -0.1) is 0 Å². The summed E-state index contributed by atoms with van der Waals surface area (Å²) in [7, 11) is 0. The third-order valence-corrected chi connectivity index (χ3v) is 1.37. The van der Waals surface area contributed by atoms with Gasteiger partial charge in [-0.05, 0) is 6.92 Å². The Hall–Kier alpha value is -0.110. The zero-order chi connectivity index (χ0) is 4.41. The van der Waals surface area contributed by atoms with E-state index in [1.165, 1.54) is 0 Å². The second-order valence-electron chi connectivity index (χ2n) is 1.19. The Kier molecular flexibility index (Phi) is 1.05. The maximum atomic E-state index is 3.05. The summed E-state index contributed by atoms with van der Waals surface area (Å²) < 4.78 is 0. The zero-order valence-corrected chi connectivity index (χ0v) is 4.38. The van der Waals surface area contributed by atoms with Crippen molar-refractivity contribution >= 4 is 11.8 Å². The van der Waals surface area contributed by atoms with Crippen LogP contribution in [0.15, 0.2) is 6.20 Å². The fourth-order valence-corrected chi connectivity index (χ4v) is 0.798. The molecule has 0 bridgehead atoms. The van der Waals surface area contributed by atoms with Crippen LogP contribution in [0.25, 0.3) is 0 Å². The number of hydrogen-bond acceptors (Lipinski definition) is 2. The molecule has 0 aliphatic carbocycles. The van der Waals surface area contributed by atoms with Gasteiger partial charge in [0.05, 0.1) is 5.37 Å². The highest BCUT2D eigenvalue weighted by atomic mass is 32.2. The third kappa shape index (κ3) is 0.684. The Morgan fingerprint density at radius 1 is 2.00 bits per heavy atom. The second kappa shape index (κ2) is 1.56. The van der Waals surface area contributed by atoms with Crippen molar-refractivity contribution < 1.29 is 0 Å². The number of nitrogens with one attached hydrogen (secondary N) is 1. The first kappa shape index (κ1) is 4.06. The highest BCUT2D eigenvalue weighted by molar-refractivity contribution is 8.01. The quantitative estimate of drug-likeness (QED) is 0.486. The molecule has 1 N–H and O–H groups in total. The Balaban J connectivity index is 2.32. The molecule has 33 valence electrons. The summed E-state index contributed by atoms with van der Waals surface area (Å²) in [5.74, 6) is 0. The van der Waals surface area contributed by atoms with Crippen molar-refractivity contribution in [3.63, 3.8) is 0 Å². The van der Waals surface area contributed by atoms with Gasteiger partial charge in [0.1, 0.15) is 0 Å². The number of rotatable bonds is 0. The Morgan fingerprint density at radius 2 is 2.83 bits per heavy atom. The molecule has 0 saturated heterocycles. The molecule has 0 spiro atoms. The smallest absolute Gasteiger partial charge is 0.0736 e. The van der Waals surface area contributed by atoms with E-state index in [9.17, 15) is 0 Å². The lowest BCUT2D eigenvalue weighted by atomic mass is 10.7. The minimum absolute atomic E-state index is 0.546. The molecule has 1 unspecified atom stereocenters. The van der Waals surface area contributed by atoms with E-state index in [0.717, 1.165) is 0 Å². The highest BCUT2D eigenvalue weighted by Gasteiger charge is 1.99. The third-order valence-electron chi connectivity index (χ3n) is 0.622. The molecular weight excluding hydrogens is 94.1 g/mol.